The van der Waals surface area contributed by atoms with E-state index in [9.17, 15) is 14.9 Å². The van der Waals surface area contributed by atoms with E-state index in [0.29, 0.717) is 6.42 Å². The van der Waals surface area contributed by atoms with Crippen LogP contribution < -0.4 is 11.1 Å². The Bertz CT molecular complexity index is 1190. The number of benzene rings is 2. The minimum Gasteiger partial charge on any atom is -0.368 e. The van der Waals surface area contributed by atoms with Gasteiger partial charge in [0.25, 0.3) is 0 Å². The van der Waals surface area contributed by atoms with Gasteiger partial charge in [-0.15, -0.1) is 0 Å². The molecule has 1 fully saturated rings. The molecule has 35 heavy (non-hydrogen) atoms. The maximum absolute atomic E-state index is 15.5. The molecule has 1 aliphatic heterocycles. The smallest absolute Gasteiger partial charge is 0.318 e. The third-order valence-electron chi connectivity index (χ3n) is 6.18. The number of hydrogen-bond acceptors (Lipinski definition) is 3. The van der Waals surface area contributed by atoms with Gasteiger partial charge in [-0.05, 0) is 30.0 Å². The van der Waals surface area contributed by atoms with Crippen LogP contribution in [-0.2, 0) is 10.2 Å². The zero-order valence-corrected chi connectivity index (χ0v) is 21.1. The average molecular weight is 523 g/mol. The Kier molecular flexibility index (Phi) is 7.63. The molecule has 186 valence electrons. The molecule has 0 bridgehead atoms. The van der Waals surface area contributed by atoms with Crippen LogP contribution in [0.4, 0.5) is 13.6 Å². The molecule has 0 aliphatic carbocycles. The quantitative estimate of drug-likeness (QED) is 0.554. The fourth-order valence-corrected chi connectivity index (χ4v) is 5.28. The third-order valence-corrected chi connectivity index (χ3v) is 6.70. The summed E-state index contributed by atoms with van der Waals surface area (Å²) in [4.78, 5) is 25.8. The van der Waals surface area contributed by atoms with Crippen LogP contribution in [0.5, 0.6) is 0 Å². The van der Waals surface area contributed by atoms with Crippen LogP contribution in [0.3, 0.4) is 0 Å². The van der Waals surface area contributed by atoms with Crippen LogP contribution in [-0.4, -0.2) is 29.9 Å². The number of carbonyl (C=O) groups is 2. The average Bonchev–Trinajstić information content (AvgIpc) is 3.07. The zero-order valence-electron chi connectivity index (χ0n) is 19.5. The Morgan fingerprint density at radius 2 is 1.94 bits per heavy atom. The van der Waals surface area contributed by atoms with Gasteiger partial charge < -0.3 is 16.0 Å². The number of primary amides is 1. The second-order valence-electron chi connectivity index (χ2n) is 9.89. The largest absolute Gasteiger partial charge is 0.368 e. The first-order valence-corrected chi connectivity index (χ1v) is 11.7. The summed E-state index contributed by atoms with van der Waals surface area (Å²) in [5.74, 6) is -2.95. The normalized spacial score (nSPS) is 22.1. The van der Waals surface area contributed by atoms with E-state index in [4.69, 9.17) is 28.9 Å². The van der Waals surface area contributed by atoms with Gasteiger partial charge in [0.05, 0.1) is 23.7 Å². The third kappa shape index (κ3) is 5.21. The highest BCUT2D eigenvalue weighted by Gasteiger charge is 2.60. The highest BCUT2D eigenvalue weighted by molar-refractivity contribution is 6.31. The molecule has 6 nitrogen and oxygen atoms in total. The number of carbonyl (C=O) groups excluding carboxylic acids is 2. The summed E-state index contributed by atoms with van der Waals surface area (Å²) in [6.07, 6.45) is 0.404. The number of nitrogens with zero attached hydrogens (tertiary/aromatic N) is 2. The van der Waals surface area contributed by atoms with Crippen molar-refractivity contribution in [1.82, 2.24) is 10.2 Å². The maximum atomic E-state index is 15.5. The Morgan fingerprint density at radius 1 is 1.26 bits per heavy atom. The van der Waals surface area contributed by atoms with Crippen LogP contribution >= 0.6 is 23.2 Å². The van der Waals surface area contributed by atoms with Crippen molar-refractivity contribution in [2.24, 2.45) is 17.1 Å². The van der Waals surface area contributed by atoms with E-state index < -0.39 is 47.5 Å². The van der Waals surface area contributed by atoms with Gasteiger partial charge in [0.1, 0.15) is 17.0 Å². The summed E-state index contributed by atoms with van der Waals surface area (Å²) >= 11 is 12.1. The SMILES string of the molecule is CC(C)(C)CC1CN(C(=O)NCC(N)=O)C(c2cccc(Cl)c2F)C1(C#N)c1ccc(Cl)cc1F. The molecule has 3 amide bonds. The number of urea groups is 1. The number of hydrogen-bond donors (Lipinski definition) is 2. The first kappa shape index (κ1) is 26.7. The van der Waals surface area contributed by atoms with Gasteiger partial charge in [-0.3, -0.25) is 4.79 Å². The number of nitrogens with two attached hydrogens (primary N) is 1. The molecule has 0 aromatic heterocycles. The van der Waals surface area contributed by atoms with Crippen molar-refractivity contribution in [3.63, 3.8) is 0 Å². The Morgan fingerprint density at radius 3 is 2.51 bits per heavy atom. The van der Waals surface area contributed by atoms with E-state index >= 15 is 8.78 Å². The second kappa shape index (κ2) is 10.00. The summed E-state index contributed by atoms with van der Waals surface area (Å²) in [6, 6.07) is 8.46. The fourth-order valence-electron chi connectivity index (χ4n) is 4.93. The van der Waals surface area contributed by atoms with Crippen molar-refractivity contribution in [1.29, 1.82) is 5.26 Å². The van der Waals surface area contributed by atoms with E-state index in [1.165, 1.54) is 35.2 Å². The molecule has 0 spiro atoms. The van der Waals surface area contributed by atoms with Crippen LogP contribution in [0, 0.1) is 34.3 Å². The molecule has 1 aliphatic rings. The molecule has 0 radical (unpaired) electrons. The van der Waals surface area contributed by atoms with Gasteiger partial charge in [0.15, 0.2) is 0 Å². The molecule has 1 saturated heterocycles. The molecule has 2 aromatic carbocycles. The summed E-state index contributed by atoms with van der Waals surface area (Å²) in [7, 11) is 0. The molecule has 1 heterocycles. The van der Waals surface area contributed by atoms with Crippen molar-refractivity contribution >= 4 is 35.1 Å². The van der Waals surface area contributed by atoms with Gasteiger partial charge in [-0.2, -0.15) is 5.26 Å². The van der Waals surface area contributed by atoms with Crippen LogP contribution in [0.2, 0.25) is 10.0 Å². The van der Waals surface area contributed by atoms with Crippen molar-refractivity contribution in [3.05, 3.63) is 69.2 Å². The lowest BCUT2D eigenvalue weighted by molar-refractivity contribution is -0.117. The van der Waals surface area contributed by atoms with E-state index in [2.05, 4.69) is 11.4 Å². The number of amides is 3. The molecule has 10 heteroatoms. The second-order valence-corrected chi connectivity index (χ2v) is 10.7. The fraction of sp³-hybridized carbons (Fsp3) is 0.400. The van der Waals surface area contributed by atoms with E-state index in [0.717, 1.165) is 6.07 Å². The monoisotopic (exact) mass is 522 g/mol. The van der Waals surface area contributed by atoms with E-state index in [1.807, 2.05) is 20.8 Å². The molecule has 3 N–H and O–H groups in total. The highest BCUT2D eigenvalue weighted by Crippen LogP contribution is 2.56. The lowest BCUT2D eigenvalue weighted by Crippen LogP contribution is -2.46. The molecule has 3 unspecified atom stereocenters. The molecule has 3 atom stereocenters. The Hall–Kier alpha value is -2.89. The molecule has 2 aromatic rings. The summed E-state index contributed by atoms with van der Waals surface area (Å²) in [6.45, 7) is 5.40. The first-order valence-electron chi connectivity index (χ1n) is 10.9. The lowest BCUT2D eigenvalue weighted by atomic mass is 9.63. The van der Waals surface area contributed by atoms with E-state index in [1.54, 1.807) is 0 Å². The Labute approximate surface area is 213 Å². The summed E-state index contributed by atoms with van der Waals surface area (Å²) in [5.41, 5.74) is 3.11. The van der Waals surface area contributed by atoms with Crippen molar-refractivity contribution < 1.29 is 18.4 Å². The topological polar surface area (TPSA) is 99.2 Å². The van der Waals surface area contributed by atoms with Gasteiger partial charge in [0, 0.05) is 28.6 Å². The minimum atomic E-state index is -1.70. The van der Waals surface area contributed by atoms with Gasteiger partial charge >= 0.3 is 6.03 Å². The predicted octanol–water partition coefficient (Wildman–Crippen LogP) is 5.34. The first-order chi connectivity index (χ1) is 16.3. The molecule has 0 saturated carbocycles. The van der Waals surface area contributed by atoms with E-state index in [-0.39, 0.29) is 33.1 Å². The minimum absolute atomic E-state index is 0.00584. The maximum Gasteiger partial charge on any atom is 0.318 e. The lowest BCUT2D eigenvalue weighted by Gasteiger charge is -2.38. The number of nitrogens with one attached hydrogen (secondary N) is 1. The molecular formula is C25H26Cl2F2N4O2. The standard InChI is InChI=1S/C25H26Cl2F2N4O2/c1-24(2,3)10-14-12-33(23(35)32-11-20(31)34)22(16-5-4-6-18(27)21(16)29)25(14,13-30)17-8-7-15(26)9-19(17)28/h4-9,14,22H,10-12H2,1-3H3,(H2,31,34)(H,32,35). The van der Waals surface area contributed by atoms with Gasteiger partial charge in [0.2, 0.25) is 5.91 Å². The number of nitriles is 1. The summed E-state index contributed by atoms with van der Waals surface area (Å²) in [5, 5.41) is 13.0. The van der Waals surface area contributed by atoms with Gasteiger partial charge in [-0.1, -0.05) is 62.2 Å². The van der Waals surface area contributed by atoms with Crippen molar-refractivity contribution in [2.75, 3.05) is 13.1 Å². The van der Waals surface area contributed by atoms with Crippen LogP contribution in [0.15, 0.2) is 36.4 Å². The predicted molar refractivity (Wildman–Crippen MR) is 130 cm³/mol. The zero-order chi connectivity index (χ0) is 26.1. The van der Waals surface area contributed by atoms with Crippen molar-refractivity contribution in [2.45, 2.75) is 38.6 Å². The molecule has 3 rings (SSSR count). The summed E-state index contributed by atoms with van der Waals surface area (Å²) < 4.78 is 30.9. The number of rotatable bonds is 5. The van der Waals surface area contributed by atoms with Crippen molar-refractivity contribution in [3.8, 4) is 6.07 Å². The molecular weight excluding hydrogens is 497 g/mol. The number of likely N-dealkylation sites (tertiary alicyclic amines) is 1. The van der Waals surface area contributed by atoms with Crippen LogP contribution in [0.25, 0.3) is 0 Å². The highest BCUT2D eigenvalue weighted by atomic mass is 35.5. The Balaban J connectivity index is 2.33. The van der Waals surface area contributed by atoms with Gasteiger partial charge in [-0.25, -0.2) is 13.6 Å². The van der Waals surface area contributed by atoms with Crippen LogP contribution in [0.1, 0.15) is 44.4 Å². The number of halogens is 4.